The van der Waals surface area contributed by atoms with Crippen LogP contribution in [-0.2, 0) is 19.1 Å². The third-order valence-electron chi connectivity index (χ3n) is 9.02. The van der Waals surface area contributed by atoms with Crippen LogP contribution < -0.4 is 11.1 Å². The third-order valence-corrected chi connectivity index (χ3v) is 9.02. The molecule has 0 saturated heterocycles. The summed E-state index contributed by atoms with van der Waals surface area (Å²) in [5.74, 6) is -1.24. The van der Waals surface area contributed by atoms with Gasteiger partial charge in [-0.05, 0) is 83.6 Å². The molecule has 0 fully saturated rings. The molecule has 7 heteroatoms. The molecule has 0 aliphatic rings. The summed E-state index contributed by atoms with van der Waals surface area (Å²) in [4.78, 5) is 36.2. The Balaban J connectivity index is 4.26. The van der Waals surface area contributed by atoms with Gasteiger partial charge >= 0.3 is 11.9 Å². The molecule has 280 valence electrons. The first-order valence-electron chi connectivity index (χ1n) is 20.2. The molecule has 0 aromatic rings. The van der Waals surface area contributed by atoms with Crippen molar-refractivity contribution in [3.8, 4) is 0 Å². The molecule has 0 aromatic carbocycles. The lowest BCUT2D eigenvalue weighted by Crippen LogP contribution is -2.40. The number of carbonyl (C=O) groups excluding carboxylic acids is 2. The lowest BCUT2D eigenvalue weighted by Gasteiger charge is -2.18. The first-order valence-corrected chi connectivity index (χ1v) is 20.2. The Labute approximate surface area is 295 Å². The quantitative estimate of drug-likeness (QED) is 0.0345. The number of amides is 1. The van der Waals surface area contributed by atoms with E-state index in [0.29, 0.717) is 32.2 Å². The molecule has 0 rings (SSSR count). The first-order chi connectivity index (χ1) is 23.4. The summed E-state index contributed by atoms with van der Waals surface area (Å²) in [6.07, 6.45) is 39.3. The minimum Gasteiger partial charge on any atom is -0.480 e. The van der Waals surface area contributed by atoms with E-state index in [4.69, 9.17) is 10.5 Å². The normalized spacial score (nSPS) is 12.9. The second kappa shape index (κ2) is 36.1. The molecule has 0 aliphatic carbocycles. The van der Waals surface area contributed by atoms with Crippen LogP contribution in [0.1, 0.15) is 200 Å². The summed E-state index contributed by atoms with van der Waals surface area (Å²) in [6.45, 7) is 4.89. The smallest absolute Gasteiger partial charge is 0.326 e. The molecule has 0 bridgehead atoms. The minimum atomic E-state index is -1.00. The molecule has 0 heterocycles. The molecule has 4 N–H and O–H groups in total. The molecule has 2 atom stereocenters. The van der Waals surface area contributed by atoms with Crippen LogP contribution in [0.4, 0.5) is 0 Å². The molecular formula is C41H76N2O5. The summed E-state index contributed by atoms with van der Waals surface area (Å²) in [5, 5.41) is 11.9. The van der Waals surface area contributed by atoms with Gasteiger partial charge in [-0.15, -0.1) is 0 Å². The van der Waals surface area contributed by atoms with Crippen molar-refractivity contribution in [2.45, 2.75) is 212 Å². The molecular weight excluding hydrogens is 600 g/mol. The maximum absolute atomic E-state index is 12.7. The van der Waals surface area contributed by atoms with Crippen LogP contribution in [0.3, 0.4) is 0 Å². The first kappa shape index (κ1) is 45.9. The number of hydrogen-bond donors (Lipinski definition) is 3. The highest BCUT2D eigenvalue weighted by Crippen LogP contribution is 2.19. The molecule has 1 amide bonds. The Morgan fingerprint density at radius 3 is 1.67 bits per heavy atom. The number of nitrogens with two attached hydrogens (primary N) is 1. The number of ether oxygens (including phenoxy) is 1. The van der Waals surface area contributed by atoms with E-state index >= 15 is 0 Å². The van der Waals surface area contributed by atoms with Crippen molar-refractivity contribution >= 4 is 17.8 Å². The number of carboxylic acid groups (broad SMARTS) is 1. The highest BCUT2D eigenvalue weighted by molar-refractivity contribution is 5.83. The Hall–Kier alpha value is -2.15. The fourth-order valence-electron chi connectivity index (χ4n) is 5.94. The van der Waals surface area contributed by atoms with Crippen LogP contribution in [0, 0.1) is 0 Å². The average Bonchev–Trinajstić information content (AvgIpc) is 3.07. The largest absolute Gasteiger partial charge is 0.480 e. The van der Waals surface area contributed by atoms with Crippen LogP contribution in [0.15, 0.2) is 24.3 Å². The van der Waals surface area contributed by atoms with E-state index in [2.05, 4.69) is 43.5 Å². The van der Waals surface area contributed by atoms with Crippen LogP contribution in [-0.4, -0.2) is 41.6 Å². The van der Waals surface area contributed by atoms with Gasteiger partial charge in [0.25, 0.3) is 0 Å². The van der Waals surface area contributed by atoms with Crippen LogP contribution >= 0.6 is 0 Å². The number of carboxylic acids is 1. The highest BCUT2D eigenvalue weighted by Gasteiger charge is 2.19. The minimum absolute atomic E-state index is 0.0121. The Kier molecular flexibility index (Phi) is 34.5. The zero-order valence-corrected chi connectivity index (χ0v) is 31.3. The Morgan fingerprint density at radius 1 is 0.604 bits per heavy atom. The number of allylic oxidation sites excluding steroid dienone is 4. The number of aliphatic carboxylic acids is 1. The monoisotopic (exact) mass is 677 g/mol. The summed E-state index contributed by atoms with van der Waals surface area (Å²) < 4.78 is 6.00. The third kappa shape index (κ3) is 32.4. The topological polar surface area (TPSA) is 119 Å². The Morgan fingerprint density at radius 2 is 1.10 bits per heavy atom. The van der Waals surface area contributed by atoms with Crippen molar-refractivity contribution in [3.63, 3.8) is 0 Å². The predicted molar refractivity (Wildman–Crippen MR) is 202 cm³/mol. The number of carbonyl (C=O) groups is 3. The summed E-state index contributed by atoms with van der Waals surface area (Å²) >= 11 is 0. The van der Waals surface area contributed by atoms with Crippen molar-refractivity contribution in [1.29, 1.82) is 0 Å². The molecule has 0 spiro atoms. The fraction of sp³-hybridized carbons (Fsp3) is 0.829. The lowest BCUT2D eigenvalue weighted by molar-refractivity contribution is -0.150. The molecule has 2 unspecified atom stereocenters. The number of unbranched alkanes of at least 4 members (excludes halogenated alkanes) is 18. The van der Waals surface area contributed by atoms with Gasteiger partial charge in [-0.1, -0.05) is 134 Å². The van der Waals surface area contributed by atoms with E-state index in [1.807, 2.05) is 0 Å². The summed E-state index contributed by atoms with van der Waals surface area (Å²) in [6, 6.07) is -0.855. The van der Waals surface area contributed by atoms with Gasteiger partial charge in [0.1, 0.15) is 12.1 Å². The van der Waals surface area contributed by atoms with E-state index in [0.717, 1.165) is 77.0 Å². The summed E-state index contributed by atoms with van der Waals surface area (Å²) in [5.41, 5.74) is 5.47. The van der Waals surface area contributed by atoms with Crippen molar-refractivity contribution in [2.75, 3.05) is 6.54 Å². The molecule has 0 radical (unpaired) electrons. The molecule has 0 aromatic heterocycles. The zero-order valence-electron chi connectivity index (χ0n) is 31.3. The highest BCUT2D eigenvalue weighted by atomic mass is 16.5. The van der Waals surface area contributed by atoms with Crippen molar-refractivity contribution in [3.05, 3.63) is 24.3 Å². The second-order valence-electron chi connectivity index (χ2n) is 13.7. The second-order valence-corrected chi connectivity index (χ2v) is 13.7. The number of rotatable bonds is 36. The van der Waals surface area contributed by atoms with Crippen molar-refractivity contribution < 1.29 is 24.2 Å². The van der Waals surface area contributed by atoms with Crippen molar-refractivity contribution in [1.82, 2.24) is 5.32 Å². The lowest BCUT2D eigenvalue weighted by atomic mass is 10.0. The van der Waals surface area contributed by atoms with Crippen LogP contribution in [0.2, 0.25) is 0 Å². The molecule has 0 saturated carbocycles. The van der Waals surface area contributed by atoms with Crippen molar-refractivity contribution in [2.24, 2.45) is 5.73 Å². The summed E-state index contributed by atoms with van der Waals surface area (Å²) in [7, 11) is 0. The predicted octanol–water partition coefficient (Wildman–Crippen LogP) is 10.9. The van der Waals surface area contributed by atoms with Gasteiger partial charge < -0.3 is 20.9 Å². The van der Waals surface area contributed by atoms with Gasteiger partial charge in [-0.2, -0.15) is 0 Å². The molecule has 7 nitrogen and oxygen atoms in total. The van der Waals surface area contributed by atoms with E-state index in [1.54, 1.807) is 0 Å². The van der Waals surface area contributed by atoms with Crippen LogP contribution in [0.5, 0.6) is 0 Å². The average molecular weight is 677 g/mol. The zero-order chi connectivity index (χ0) is 35.3. The van der Waals surface area contributed by atoms with Gasteiger partial charge in [0, 0.05) is 12.8 Å². The number of hydrogen-bond acceptors (Lipinski definition) is 5. The van der Waals surface area contributed by atoms with E-state index in [9.17, 15) is 19.5 Å². The molecule has 48 heavy (non-hydrogen) atoms. The van der Waals surface area contributed by atoms with Gasteiger partial charge in [-0.3, -0.25) is 9.59 Å². The maximum Gasteiger partial charge on any atom is 0.326 e. The molecule has 0 aliphatic heterocycles. The van der Waals surface area contributed by atoms with Gasteiger partial charge in [0.2, 0.25) is 5.91 Å². The van der Waals surface area contributed by atoms with Gasteiger partial charge in [0.05, 0.1) is 0 Å². The standard InChI is InChI=1S/C41H76N2O5/c1-3-5-7-9-11-13-14-15-16-17-18-20-25-29-35-40(45)48-37(31-26-22-19-12-10-8-6-4-2)32-27-23-21-24-28-34-39(44)43-38(41(46)47)33-30-36-42/h9,11,14-15,37-38H,3-8,10,12-13,16-36,42H2,1-2H3,(H,43,44)(H,46,47)/b11-9-,15-14-. The maximum atomic E-state index is 12.7. The fourth-order valence-corrected chi connectivity index (χ4v) is 5.94. The van der Waals surface area contributed by atoms with Gasteiger partial charge in [-0.25, -0.2) is 4.79 Å². The Bertz CT molecular complexity index is 813. The van der Waals surface area contributed by atoms with E-state index in [1.165, 1.54) is 83.5 Å². The van der Waals surface area contributed by atoms with E-state index in [-0.39, 0.29) is 18.0 Å². The van der Waals surface area contributed by atoms with Crippen LogP contribution in [0.25, 0.3) is 0 Å². The number of esters is 1. The van der Waals surface area contributed by atoms with Gasteiger partial charge in [0.15, 0.2) is 0 Å². The van der Waals surface area contributed by atoms with E-state index < -0.39 is 12.0 Å². The SMILES string of the molecule is CCCC/C=C\C/C=C\CCCCCCCC(=O)OC(CCCCCCCCCC)CCCCCCCC(=O)NC(CCCN)C(=O)O. The number of nitrogens with one attached hydrogen (secondary N) is 1.